The minimum atomic E-state index is -0.410. The molecule has 3 aromatic rings. The first-order chi connectivity index (χ1) is 14.4. The maximum absolute atomic E-state index is 7.50. The molecule has 150 valence electrons. The van der Waals surface area contributed by atoms with Crippen molar-refractivity contribution < 1.29 is 26.4 Å². The fourth-order valence-electron chi connectivity index (χ4n) is 2.29. The van der Waals surface area contributed by atoms with Gasteiger partial charge < -0.3 is 0 Å². The maximum atomic E-state index is 7.50. The molecule has 0 N–H and O–H groups in total. The normalized spacial score (nSPS) is 11.2. The average molecular weight is 470 g/mol. The van der Waals surface area contributed by atoms with Gasteiger partial charge in [0, 0.05) is 29.1 Å². The van der Waals surface area contributed by atoms with Crippen molar-refractivity contribution >= 4 is 29.1 Å². The van der Waals surface area contributed by atoms with Crippen molar-refractivity contribution in [2.75, 3.05) is 0 Å². The Morgan fingerprint density at radius 1 is 0.500 bits per heavy atom. The molecule has 0 spiro atoms. The van der Waals surface area contributed by atoms with E-state index in [1.54, 1.807) is 0 Å². The van der Waals surface area contributed by atoms with E-state index in [2.05, 4.69) is 104 Å². The van der Waals surface area contributed by atoms with Crippen molar-refractivity contribution in [3.63, 3.8) is 0 Å². The molecule has 0 atom stereocenters. The Morgan fingerprint density at radius 2 is 0.800 bits per heavy atom. The predicted octanol–water partition coefficient (Wildman–Crippen LogP) is 5.77. The van der Waals surface area contributed by atoms with Gasteiger partial charge in [-0.05, 0) is 54.8 Å². The summed E-state index contributed by atoms with van der Waals surface area (Å²) >= 11 is 1.96. The van der Waals surface area contributed by atoms with Crippen LogP contribution in [0.5, 0.6) is 0 Å². The zero-order valence-electron chi connectivity index (χ0n) is 16.1. The summed E-state index contributed by atoms with van der Waals surface area (Å²) in [7, 11) is -0.410. The molecular weight excluding hydrogens is 450 g/mol. The van der Waals surface area contributed by atoms with Crippen molar-refractivity contribution in [2.24, 2.45) is 0 Å². The van der Waals surface area contributed by atoms with Gasteiger partial charge in [-0.3, -0.25) is 0 Å². The molecule has 4 rings (SSSR count). The van der Waals surface area contributed by atoms with Crippen LogP contribution in [0.2, 0.25) is 0 Å². The van der Waals surface area contributed by atoms with Gasteiger partial charge in [0.1, 0.15) is 0 Å². The van der Waals surface area contributed by atoms with Crippen LogP contribution in [0, 0.1) is 45.4 Å². The second kappa shape index (κ2) is 19.4. The summed E-state index contributed by atoms with van der Waals surface area (Å²) in [6.07, 6.45) is 10.0. The molecule has 2 nitrogen and oxygen atoms in total. The third-order valence-corrected chi connectivity index (χ3v) is 8.12. The summed E-state index contributed by atoms with van der Waals surface area (Å²) in [6.45, 7) is 9.00. The van der Waals surface area contributed by atoms with E-state index in [9.17, 15) is 0 Å². The molecule has 1 fully saturated rings. The summed E-state index contributed by atoms with van der Waals surface area (Å²) in [5, 5.41) is 2.81. The van der Waals surface area contributed by atoms with E-state index in [0.717, 1.165) is 0 Å². The van der Waals surface area contributed by atoms with Gasteiger partial charge in [-0.2, -0.15) is 0 Å². The van der Waals surface area contributed by atoms with Crippen molar-refractivity contribution in [3.05, 3.63) is 136 Å². The summed E-state index contributed by atoms with van der Waals surface area (Å²) in [6, 6.07) is 32.2. The Morgan fingerprint density at radius 3 is 1.13 bits per heavy atom. The molecule has 1 saturated carbocycles. The summed E-state index contributed by atoms with van der Waals surface area (Å²) in [5.41, 5.74) is 0. The molecule has 3 aromatic carbocycles. The molecule has 5 heteroatoms. The van der Waals surface area contributed by atoms with Crippen molar-refractivity contribution in [1.29, 1.82) is 0 Å². The van der Waals surface area contributed by atoms with Crippen molar-refractivity contribution in [2.45, 2.75) is 4.90 Å². The number of hydrogen-bond donors (Lipinski definition) is 0. The Bertz CT molecular complexity index is 754. The van der Waals surface area contributed by atoms with Crippen LogP contribution in [-0.4, -0.2) is 0 Å². The first-order valence-corrected chi connectivity index (χ1v) is 11.4. The van der Waals surface area contributed by atoms with E-state index >= 15 is 0 Å². The quantitative estimate of drug-likeness (QED) is 0.207. The van der Waals surface area contributed by atoms with Crippen LogP contribution >= 0.6 is 18.5 Å². The van der Waals surface area contributed by atoms with Gasteiger partial charge in [0.25, 0.3) is 0 Å². The summed E-state index contributed by atoms with van der Waals surface area (Å²) < 4.78 is 15.0. The molecule has 1 aliphatic rings. The molecule has 0 bridgehead atoms. The van der Waals surface area contributed by atoms with Crippen LogP contribution in [0.4, 0.5) is 0 Å². The minimum absolute atomic E-state index is 0. The van der Waals surface area contributed by atoms with E-state index < -0.39 is 7.12 Å². The second-order valence-electron chi connectivity index (χ2n) is 5.33. The average Bonchev–Trinajstić information content (AvgIpc) is 3.42. The Hall–Kier alpha value is -1.56. The smallest absolute Gasteiger partial charge is 0.0207 e. The Labute approximate surface area is 196 Å². The largest absolute Gasteiger partial charge is 0.0888 e. The first-order valence-electron chi connectivity index (χ1n) is 8.64. The minimum Gasteiger partial charge on any atom is -0.0888 e. The SMILES string of the molecule is [C-]#[O+].[C-]#[O+].[CH]1[CH][CH][CH][CH]1.[Mn].c1ccc(SP(c2ccccc2)c2ccccc2)cc1. The molecular formula is C25H20MnO2PS. The second-order valence-corrected chi connectivity index (χ2v) is 9.25. The molecule has 0 aliphatic heterocycles. The van der Waals surface area contributed by atoms with Gasteiger partial charge in [-0.25, -0.2) is 0 Å². The fourth-order valence-corrected chi connectivity index (χ4v) is 6.53. The van der Waals surface area contributed by atoms with Gasteiger partial charge in [-0.15, -0.1) is 0 Å². The van der Waals surface area contributed by atoms with Crippen LogP contribution in [0.1, 0.15) is 0 Å². The third kappa shape index (κ3) is 11.0. The molecule has 6 radical (unpaired) electrons. The first kappa shape index (κ1) is 28.4. The van der Waals surface area contributed by atoms with Gasteiger partial charge >= 0.3 is 22.6 Å². The van der Waals surface area contributed by atoms with E-state index in [1.165, 1.54) is 15.5 Å². The molecule has 0 unspecified atom stereocenters. The molecule has 1 aliphatic carbocycles. The van der Waals surface area contributed by atoms with Crippen LogP contribution in [-0.2, 0) is 26.4 Å². The number of benzene rings is 3. The van der Waals surface area contributed by atoms with Gasteiger partial charge in [0.05, 0.1) is 0 Å². The number of rotatable bonds is 4. The van der Waals surface area contributed by atoms with Gasteiger partial charge in [-0.1, -0.05) is 90.2 Å². The maximum Gasteiger partial charge on any atom is 0.0207 e. The van der Waals surface area contributed by atoms with E-state index in [4.69, 9.17) is 9.30 Å². The summed E-state index contributed by atoms with van der Waals surface area (Å²) in [4.78, 5) is 1.33. The van der Waals surface area contributed by atoms with Gasteiger partial charge in [0.2, 0.25) is 0 Å². The molecule has 0 amide bonds. The van der Waals surface area contributed by atoms with Crippen LogP contribution in [0.25, 0.3) is 0 Å². The molecule has 0 saturated heterocycles. The van der Waals surface area contributed by atoms with Crippen molar-refractivity contribution in [3.8, 4) is 0 Å². The topological polar surface area (TPSA) is 39.8 Å². The molecule has 0 heterocycles. The zero-order chi connectivity index (χ0) is 21.2. The Kier molecular flexibility index (Phi) is 18.4. The standard InChI is InChI=1S/C18H15PS.C5H5.2CO.Mn/c1-4-10-16(11-5-1)19(17-12-6-2-7-13-17)20-18-14-8-3-9-15-18;1-2-4-5-3-1;2*1-2;/h1-15H;1-5H;;;. The zero-order valence-corrected chi connectivity index (χ0v) is 19.0. The van der Waals surface area contributed by atoms with E-state index in [-0.39, 0.29) is 17.1 Å². The van der Waals surface area contributed by atoms with E-state index in [0.29, 0.717) is 0 Å². The van der Waals surface area contributed by atoms with Crippen LogP contribution in [0.15, 0.2) is 95.9 Å². The Balaban J connectivity index is 0.000000717. The number of hydrogen-bond acceptors (Lipinski definition) is 1. The van der Waals surface area contributed by atoms with E-state index in [1.807, 2.05) is 43.5 Å². The van der Waals surface area contributed by atoms with Crippen LogP contribution in [0.3, 0.4) is 0 Å². The third-order valence-electron chi connectivity index (χ3n) is 3.48. The van der Waals surface area contributed by atoms with Crippen molar-refractivity contribution in [1.82, 2.24) is 0 Å². The fraction of sp³-hybridized carbons (Fsp3) is 0. The molecule has 0 aromatic heterocycles. The molecule has 30 heavy (non-hydrogen) atoms. The predicted molar refractivity (Wildman–Crippen MR) is 121 cm³/mol. The van der Waals surface area contributed by atoms with Crippen LogP contribution < -0.4 is 10.6 Å². The van der Waals surface area contributed by atoms with Gasteiger partial charge in [0.15, 0.2) is 0 Å². The summed E-state index contributed by atoms with van der Waals surface area (Å²) in [5.74, 6) is 0. The monoisotopic (exact) mass is 470 g/mol.